The standard InChI is InChI=1S/C17H12BrClN2O3S/c1-24-15(22)9-21-13-6-5-11(18)8-14(13)25-17(21)20-16(23)10-3-2-4-12(19)7-10/h2-8H,9H2,1H3. The summed E-state index contributed by atoms with van der Waals surface area (Å²) >= 11 is 10.7. The Bertz CT molecular complexity index is 1040. The lowest BCUT2D eigenvalue weighted by Gasteiger charge is -2.03. The van der Waals surface area contributed by atoms with E-state index in [4.69, 9.17) is 16.3 Å². The lowest BCUT2D eigenvalue weighted by atomic mass is 10.2. The van der Waals surface area contributed by atoms with Crippen molar-refractivity contribution in [3.63, 3.8) is 0 Å². The molecule has 0 radical (unpaired) electrons. The zero-order chi connectivity index (χ0) is 18.0. The van der Waals surface area contributed by atoms with Crippen molar-refractivity contribution in [1.29, 1.82) is 0 Å². The van der Waals surface area contributed by atoms with Gasteiger partial charge in [0.25, 0.3) is 5.91 Å². The van der Waals surface area contributed by atoms with Gasteiger partial charge in [-0.1, -0.05) is 44.9 Å². The van der Waals surface area contributed by atoms with Crippen LogP contribution < -0.4 is 4.80 Å². The predicted octanol–water partition coefficient (Wildman–Crippen LogP) is 4.03. The molecule has 128 valence electrons. The number of fused-ring (bicyclic) bond motifs is 1. The molecule has 8 heteroatoms. The zero-order valence-corrected chi connectivity index (χ0v) is 16.2. The number of halogens is 2. The van der Waals surface area contributed by atoms with Crippen LogP contribution in [0.15, 0.2) is 51.9 Å². The summed E-state index contributed by atoms with van der Waals surface area (Å²) in [5.41, 5.74) is 1.19. The molecule has 1 amide bonds. The maximum absolute atomic E-state index is 12.5. The normalized spacial score (nSPS) is 11.7. The third kappa shape index (κ3) is 4.00. The van der Waals surface area contributed by atoms with Crippen molar-refractivity contribution in [2.24, 2.45) is 4.99 Å². The number of rotatable bonds is 3. The second kappa shape index (κ2) is 7.51. The monoisotopic (exact) mass is 438 g/mol. The summed E-state index contributed by atoms with van der Waals surface area (Å²) in [6.45, 7) is -0.0280. The van der Waals surface area contributed by atoms with Crippen LogP contribution in [0.5, 0.6) is 0 Å². The average Bonchev–Trinajstić information content (AvgIpc) is 2.91. The summed E-state index contributed by atoms with van der Waals surface area (Å²) in [6.07, 6.45) is 0. The number of carbonyl (C=O) groups excluding carboxylic acids is 2. The minimum absolute atomic E-state index is 0.0280. The number of ether oxygens (including phenoxy) is 1. The van der Waals surface area contributed by atoms with Crippen LogP contribution in [0.1, 0.15) is 10.4 Å². The van der Waals surface area contributed by atoms with Gasteiger partial charge >= 0.3 is 5.97 Å². The van der Waals surface area contributed by atoms with Crippen molar-refractivity contribution >= 4 is 61.0 Å². The van der Waals surface area contributed by atoms with Crippen LogP contribution in [-0.2, 0) is 16.1 Å². The maximum atomic E-state index is 12.5. The molecule has 0 spiro atoms. The first-order chi connectivity index (χ1) is 12.0. The van der Waals surface area contributed by atoms with Gasteiger partial charge in [-0.25, -0.2) is 0 Å². The number of amides is 1. The van der Waals surface area contributed by atoms with E-state index in [9.17, 15) is 9.59 Å². The van der Waals surface area contributed by atoms with Gasteiger partial charge in [0.1, 0.15) is 6.54 Å². The zero-order valence-electron chi connectivity index (χ0n) is 13.0. The number of hydrogen-bond acceptors (Lipinski definition) is 4. The van der Waals surface area contributed by atoms with Gasteiger partial charge in [-0.05, 0) is 36.4 Å². The highest BCUT2D eigenvalue weighted by molar-refractivity contribution is 9.10. The first-order valence-electron chi connectivity index (χ1n) is 7.18. The Morgan fingerprint density at radius 1 is 1.28 bits per heavy atom. The maximum Gasteiger partial charge on any atom is 0.325 e. The van der Waals surface area contributed by atoms with Gasteiger partial charge in [-0.15, -0.1) is 0 Å². The molecule has 0 N–H and O–H groups in total. The van der Waals surface area contributed by atoms with Crippen LogP contribution >= 0.6 is 38.9 Å². The summed E-state index contributed by atoms with van der Waals surface area (Å²) in [5, 5.41) is 0.462. The van der Waals surface area contributed by atoms with Gasteiger partial charge in [0.2, 0.25) is 0 Å². The van der Waals surface area contributed by atoms with E-state index in [1.165, 1.54) is 18.4 Å². The van der Waals surface area contributed by atoms with Crippen LogP contribution in [0, 0.1) is 0 Å². The molecule has 0 saturated heterocycles. The van der Waals surface area contributed by atoms with Crippen LogP contribution in [0.2, 0.25) is 5.02 Å². The Morgan fingerprint density at radius 3 is 2.80 bits per heavy atom. The number of nitrogens with zero attached hydrogens (tertiary/aromatic N) is 2. The topological polar surface area (TPSA) is 60.7 Å². The van der Waals surface area contributed by atoms with E-state index in [0.717, 1.165) is 14.7 Å². The van der Waals surface area contributed by atoms with Crippen LogP contribution in [0.4, 0.5) is 0 Å². The molecule has 1 heterocycles. The van der Waals surface area contributed by atoms with Gasteiger partial charge in [-0.3, -0.25) is 9.59 Å². The van der Waals surface area contributed by atoms with Crippen molar-refractivity contribution in [3.8, 4) is 0 Å². The highest BCUT2D eigenvalue weighted by Crippen LogP contribution is 2.22. The lowest BCUT2D eigenvalue weighted by molar-refractivity contribution is -0.141. The fourth-order valence-corrected chi connectivity index (χ4v) is 4.02. The van der Waals surface area contributed by atoms with E-state index in [0.29, 0.717) is 15.4 Å². The van der Waals surface area contributed by atoms with Gasteiger partial charge in [-0.2, -0.15) is 4.99 Å². The molecule has 0 unspecified atom stereocenters. The van der Waals surface area contributed by atoms with E-state index in [-0.39, 0.29) is 6.54 Å². The minimum atomic E-state index is -0.424. The van der Waals surface area contributed by atoms with E-state index in [1.54, 1.807) is 28.8 Å². The molecule has 0 aliphatic heterocycles. The number of esters is 1. The largest absolute Gasteiger partial charge is 0.468 e. The second-order valence-corrected chi connectivity index (χ2v) is 7.45. The number of hydrogen-bond donors (Lipinski definition) is 0. The summed E-state index contributed by atoms with van der Waals surface area (Å²) in [6, 6.07) is 12.2. The van der Waals surface area contributed by atoms with Gasteiger partial charge in [0.15, 0.2) is 4.80 Å². The van der Waals surface area contributed by atoms with Gasteiger partial charge < -0.3 is 9.30 Å². The minimum Gasteiger partial charge on any atom is -0.468 e. The molecule has 3 rings (SSSR count). The van der Waals surface area contributed by atoms with Gasteiger partial charge in [0.05, 0.1) is 17.3 Å². The van der Waals surface area contributed by atoms with E-state index < -0.39 is 11.9 Å². The fraction of sp³-hybridized carbons (Fsp3) is 0.118. The van der Waals surface area contributed by atoms with Crippen LogP contribution in [0.3, 0.4) is 0 Å². The molecule has 0 aliphatic rings. The molecule has 0 saturated carbocycles. The van der Waals surface area contributed by atoms with E-state index >= 15 is 0 Å². The highest BCUT2D eigenvalue weighted by atomic mass is 79.9. The average molecular weight is 440 g/mol. The number of benzene rings is 2. The van der Waals surface area contributed by atoms with Crippen LogP contribution in [0.25, 0.3) is 10.2 Å². The molecule has 0 aliphatic carbocycles. The first kappa shape index (κ1) is 17.8. The predicted molar refractivity (Wildman–Crippen MR) is 101 cm³/mol. The Hall–Kier alpha value is -1.96. The van der Waals surface area contributed by atoms with Crippen molar-refractivity contribution in [3.05, 3.63) is 62.3 Å². The number of methoxy groups -OCH3 is 1. The molecule has 3 aromatic rings. The summed E-state index contributed by atoms with van der Waals surface area (Å²) in [7, 11) is 1.32. The van der Waals surface area contributed by atoms with E-state index in [2.05, 4.69) is 20.9 Å². The Labute approximate surface area is 160 Å². The molecule has 5 nitrogen and oxygen atoms in total. The van der Waals surface area contributed by atoms with Crippen LogP contribution in [-0.4, -0.2) is 23.6 Å². The first-order valence-corrected chi connectivity index (χ1v) is 9.17. The van der Waals surface area contributed by atoms with Crippen molar-refractivity contribution in [2.45, 2.75) is 6.54 Å². The molecule has 2 aromatic carbocycles. The smallest absolute Gasteiger partial charge is 0.325 e. The highest BCUT2D eigenvalue weighted by Gasteiger charge is 2.13. The molecule has 0 atom stereocenters. The number of carbonyl (C=O) groups is 2. The fourth-order valence-electron chi connectivity index (χ4n) is 2.25. The summed E-state index contributed by atoms with van der Waals surface area (Å²) in [4.78, 5) is 28.8. The number of aromatic nitrogens is 1. The third-order valence-corrected chi connectivity index (χ3v) is 5.20. The second-order valence-electron chi connectivity index (χ2n) is 5.09. The third-order valence-electron chi connectivity index (χ3n) is 3.43. The van der Waals surface area contributed by atoms with Crippen molar-refractivity contribution in [1.82, 2.24) is 4.57 Å². The number of thiazole rings is 1. The van der Waals surface area contributed by atoms with Crippen molar-refractivity contribution in [2.75, 3.05) is 7.11 Å². The molecular weight excluding hydrogens is 428 g/mol. The molecule has 0 fully saturated rings. The van der Waals surface area contributed by atoms with Crippen molar-refractivity contribution < 1.29 is 14.3 Å². The molecule has 0 bridgehead atoms. The molecular formula is C17H12BrClN2O3S. The Kier molecular flexibility index (Phi) is 5.36. The molecule has 25 heavy (non-hydrogen) atoms. The molecule has 1 aromatic heterocycles. The van der Waals surface area contributed by atoms with Gasteiger partial charge in [0, 0.05) is 15.1 Å². The Morgan fingerprint density at radius 2 is 2.08 bits per heavy atom. The lowest BCUT2D eigenvalue weighted by Crippen LogP contribution is -2.22. The van der Waals surface area contributed by atoms with E-state index in [1.807, 2.05) is 18.2 Å². The Balaban J connectivity index is 2.15. The summed E-state index contributed by atoms with van der Waals surface area (Å²) < 4.78 is 8.22. The summed E-state index contributed by atoms with van der Waals surface area (Å²) in [5.74, 6) is -0.842. The quantitative estimate of drug-likeness (QED) is 0.579. The SMILES string of the molecule is COC(=O)Cn1c(=NC(=O)c2cccc(Cl)c2)sc2cc(Br)ccc21.